The zero-order valence-electron chi connectivity index (χ0n) is 12.4. The van der Waals surface area contributed by atoms with Crippen LogP contribution in [0.4, 0.5) is 0 Å². The lowest BCUT2D eigenvalue weighted by atomic mass is 10.1. The molecular formula is C16H31NO2. The van der Waals surface area contributed by atoms with Crippen molar-refractivity contribution in [3.8, 4) is 0 Å². The predicted molar refractivity (Wildman–Crippen MR) is 79.1 cm³/mol. The maximum atomic E-state index is 11.4. The third kappa shape index (κ3) is 8.25. The van der Waals surface area contributed by atoms with Crippen LogP contribution in [-0.2, 0) is 4.79 Å². The van der Waals surface area contributed by atoms with Crippen LogP contribution in [0.2, 0.25) is 0 Å². The lowest BCUT2D eigenvalue weighted by Crippen LogP contribution is -2.25. The minimum absolute atomic E-state index is 0.347. The number of hydrogen-bond acceptors (Lipinski definition) is 2. The maximum Gasteiger partial charge on any atom is 0.222 e. The van der Waals surface area contributed by atoms with Crippen LogP contribution in [0.25, 0.3) is 0 Å². The number of amides is 1. The molecule has 3 nitrogen and oxygen atoms in total. The summed E-state index contributed by atoms with van der Waals surface area (Å²) in [5, 5.41) is 8.66. The van der Waals surface area contributed by atoms with Gasteiger partial charge in [-0.1, -0.05) is 51.4 Å². The molecule has 19 heavy (non-hydrogen) atoms. The van der Waals surface area contributed by atoms with Crippen LogP contribution < -0.4 is 0 Å². The molecule has 0 atom stereocenters. The molecule has 1 aliphatic rings. The van der Waals surface area contributed by atoms with Gasteiger partial charge in [0.2, 0.25) is 5.91 Å². The van der Waals surface area contributed by atoms with Crippen molar-refractivity contribution in [2.45, 2.75) is 77.0 Å². The second-order valence-corrected chi connectivity index (χ2v) is 5.74. The van der Waals surface area contributed by atoms with Gasteiger partial charge in [-0.05, 0) is 19.3 Å². The van der Waals surface area contributed by atoms with E-state index in [4.69, 9.17) is 5.11 Å². The summed E-state index contributed by atoms with van der Waals surface area (Å²) in [7, 11) is 0. The highest BCUT2D eigenvalue weighted by Gasteiger charge is 2.18. The Bertz CT molecular complexity index is 231. The number of aliphatic hydroxyl groups excluding tert-OH is 1. The van der Waals surface area contributed by atoms with E-state index < -0.39 is 0 Å². The average molecular weight is 269 g/mol. The summed E-state index contributed by atoms with van der Waals surface area (Å²) in [6.07, 6.45) is 14.4. The standard InChI is InChI=1S/C16H31NO2/c18-15-10-8-6-4-2-1-3-5-7-9-13-17-14-11-12-16(17)19/h18H,1-15H2. The lowest BCUT2D eigenvalue weighted by molar-refractivity contribution is -0.127. The zero-order valence-corrected chi connectivity index (χ0v) is 12.4. The van der Waals surface area contributed by atoms with Gasteiger partial charge in [-0.2, -0.15) is 0 Å². The molecule has 1 heterocycles. The minimum atomic E-state index is 0.347. The van der Waals surface area contributed by atoms with E-state index in [1.165, 1.54) is 57.8 Å². The molecule has 0 saturated carbocycles. The van der Waals surface area contributed by atoms with Crippen molar-refractivity contribution < 1.29 is 9.90 Å². The van der Waals surface area contributed by atoms with Crippen molar-refractivity contribution in [3.63, 3.8) is 0 Å². The summed E-state index contributed by atoms with van der Waals surface area (Å²) in [5.74, 6) is 0.364. The number of likely N-dealkylation sites (tertiary alicyclic amines) is 1. The largest absolute Gasteiger partial charge is 0.396 e. The molecule has 1 amide bonds. The molecule has 1 fully saturated rings. The first-order chi connectivity index (χ1) is 9.34. The van der Waals surface area contributed by atoms with E-state index in [0.717, 1.165) is 32.4 Å². The van der Waals surface area contributed by atoms with Gasteiger partial charge in [-0.25, -0.2) is 0 Å². The molecule has 1 aliphatic heterocycles. The number of hydrogen-bond donors (Lipinski definition) is 1. The molecule has 1 N–H and O–H groups in total. The monoisotopic (exact) mass is 269 g/mol. The van der Waals surface area contributed by atoms with Crippen molar-refractivity contribution in [1.29, 1.82) is 0 Å². The van der Waals surface area contributed by atoms with Gasteiger partial charge in [0, 0.05) is 26.1 Å². The molecule has 1 saturated heterocycles. The number of carbonyl (C=O) groups excluding carboxylic acids is 1. The van der Waals surface area contributed by atoms with Crippen LogP contribution in [-0.4, -0.2) is 35.6 Å². The average Bonchev–Trinajstić information content (AvgIpc) is 2.82. The second kappa shape index (κ2) is 11.3. The van der Waals surface area contributed by atoms with Gasteiger partial charge in [-0.3, -0.25) is 4.79 Å². The van der Waals surface area contributed by atoms with E-state index in [1.54, 1.807) is 0 Å². The fourth-order valence-corrected chi connectivity index (χ4v) is 2.77. The Kier molecular flexibility index (Phi) is 9.78. The van der Waals surface area contributed by atoms with Crippen molar-refractivity contribution in [1.82, 2.24) is 4.90 Å². The summed E-state index contributed by atoms with van der Waals surface area (Å²) < 4.78 is 0. The van der Waals surface area contributed by atoms with E-state index in [-0.39, 0.29) is 0 Å². The summed E-state index contributed by atoms with van der Waals surface area (Å²) in [4.78, 5) is 13.4. The van der Waals surface area contributed by atoms with Gasteiger partial charge in [0.25, 0.3) is 0 Å². The van der Waals surface area contributed by atoms with E-state index in [0.29, 0.717) is 12.5 Å². The second-order valence-electron chi connectivity index (χ2n) is 5.74. The zero-order chi connectivity index (χ0) is 13.8. The van der Waals surface area contributed by atoms with Crippen molar-refractivity contribution in [2.24, 2.45) is 0 Å². The van der Waals surface area contributed by atoms with E-state index in [1.807, 2.05) is 4.90 Å². The Morgan fingerprint density at radius 2 is 1.37 bits per heavy atom. The van der Waals surface area contributed by atoms with Crippen molar-refractivity contribution in [3.05, 3.63) is 0 Å². The Balaban J connectivity index is 1.75. The smallest absolute Gasteiger partial charge is 0.222 e. The van der Waals surface area contributed by atoms with Gasteiger partial charge in [-0.15, -0.1) is 0 Å². The third-order valence-electron chi connectivity index (χ3n) is 4.01. The van der Waals surface area contributed by atoms with Gasteiger partial charge in [0.05, 0.1) is 0 Å². The van der Waals surface area contributed by atoms with Crippen LogP contribution in [0, 0.1) is 0 Å². The van der Waals surface area contributed by atoms with E-state index in [9.17, 15) is 4.79 Å². The number of unbranched alkanes of at least 4 members (excludes halogenated alkanes) is 9. The summed E-state index contributed by atoms with van der Waals surface area (Å²) in [6.45, 7) is 2.33. The highest BCUT2D eigenvalue weighted by atomic mass is 16.2. The highest BCUT2D eigenvalue weighted by Crippen LogP contribution is 2.13. The first-order valence-corrected chi connectivity index (χ1v) is 8.23. The Labute approximate surface area is 118 Å². The maximum absolute atomic E-state index is 11.4. The lowest BCUT2D eigenvalue weighted by Gasteiger charge is -2.14. The topological polar surface area (TPSA) is 40.5 Å². The number of rotatable bonds is 12. The normalized spacial score (nSPS) is 15.4. The quantitative estimate of drug-likeness (QED) is 0.551. The molecule has 3 heteroatoms. The molecule has 0 unspecified atom stereocenters. The molecular weight excluding hydrogens is 238 g/mol. The van der Waals surface area contributed by atoms with Crippen LogP contribution in [0.3, 0.4) is 0 Å². The molecule has 0 radical (unpaired) electrons. The molecule has 112 valence electrons. The first kappa shape index (κ1) is 16.5. The number of aliphatic hydroxyl groups is 1. The molecule has 0 aromatic rings. The SMILES string of the molecule is O=C1CCCN1CCCCCCCCCCCCO. The van der Waals surface area contributed by atoms with E-state index >= 15 is 0 Å². The van der Waals surface area contributed by atoms with Gasteiger partial charge in [0.15, 0.2) is 0 Å². The van der Waals surface area contributed by atoms with Crippen LogP contribution >= 0.6 is 0 Å². The summed E-state index contributed by atoms with van der Waals surface area (Å²) >= 11 is 0. The van der Waals surface area contributed by atoms with Crippen LogP contribution in [0.5, 0.6) is 0 Å². The Morgan fingerprint density at radius 1 is 0.842 bits per heavy atom. The summed E-state index contributed by atoms with van der Waals surface area (Å²) in [6, 6.07) is 0. The van der Waals surface area contributed by atoms with Crippen LogP contribution in [0.1, 0.15) is 77.0 Å². The fourth-order valence-electron chi connectivity index (χ4n) is 2.77. The van der Waals surface area contributed by atoms with Crippen LogP contribution in [0.15, 0.2) is 0 Å². The molecule has 0 spiro atoms. The summed E-state index contributed by atoms with van der Waals surface area (Å²) in [5.41, 5.74) is 0. The minimum Gasteiger partial charge on any atom is -0.396 e. The fraction of sp³-hybridized carbons (Fsp3) is 0.938. The highest BCUT2D eigenvalue weighted by molar-refractivity contribution is 5.77. The molecule has 0 aliphatic carbocycles. The molecule has 0 aromatic heterocycles. The van der Waals surface area contributed by atoms with Crippen molar-refractivity contribution >= 4 is 5.91 Å². The number of nitrogens with zero attached hydrogens (tertiary/aromatic N) is 1. The molecule has 0 bridgehead atoms. The predicted octanol–water partition coefficient (Wildman–Crippen LogP) is 3.50. The molecule has 1 rings (SSSR count). The van der Waals surface area contributed by atoms with Crippen molar-refractivity contribution in [2.75, 3.05) is 19.7 Å². The first-order valence-electron chi connectivity index (χ1n) is 8.23. The van der Waals surface area contributed by atoms with E-state index in [2.05, 4.69) is 0 Å². The number of carbonyl (C=O) groups is 1. The Hall–Kier alpha value is -0.570. The Morgan fingerprint density at radius 3 is 1.84 bits per heavy atom. The van der Waals surface area contributed by atoms with Gasteiger partial charge in [0.1, 0.15) is 0 Å². The third-order valence-corrected chi connectivity index (χ3v) is 4.01. The molecule has 0 aromatic carbocycles. The van der Waals surface area contributed by atoms with Gasteiger partial charge >= 0.3 is 0 Å². The van der Waals surface area contributed by atoms with Gasteiger partial charge < -0.3 is 10.0 Å².